The number of ether oxygens (including phenoxy) is 3. The van der Waals surface area contributed by atoms with Gasteiger partial charge in [-0.3, -0.25) is 4.79 Å². The first-order valence-corrected chi connectivity index (χ1v) is 8.16. The van der Waals surface area contributed by atoms with Crippen LogP contribution in [0.15, 0.2) is 30.3 Å². The average Bonchev–Trinajstić information content (AvgIpc) is 3.07. The number of carboxylic acid groups (broad SMARTS) is 1. The number of aliphatic carboxylic acids is 1. The monoisotopic (exact) mass is 344 g/mol. The highest BCUT2D eigenvalue weighted by molar-refractivity contribution is 5.73. The number of aliphatic hydroxyl groups excluding tert-OH is 1. The molecule has 0 unspecified atom stereocenters. The van der Waals surface area contributed by atoms with Gasteiger partial charge in [0, 0.05) is 5.56 Å². The van der Waals surface area contributed by atoms with E-state index in [1.807, 2.05) is 6.07 Å². The summed E-state index contributed by atoms with van der Waals surface area (Å²) >= 11 is 0. The lowest BCUT2D eigenvalue weighted by molar-refractivity contribution is -0.136. The van der Waals surface area contributed by atoms with Crippen LogP contribution in [0, 0.1) is 0 Å². The van der Waals surface area contributed by atoms with Crippen LogP contribution < -0.4 is 14.2 Å². The zero-order valence-corrected chi connectivity index (χ0v) is 13.9. The van der Waals surface area contributed by atoms with E-state index in [9.17, 15) is 9.90 Å². The van der Waals surface area contributed by atoms with Gasteiger partial charge in [0.05, 0.1) is 13.0 Å². The number of fused-ring (bicyclic) bond motifs is 1. The summed E-state index contributed by atoms with van der Waals surface area (Å²) < 4.78 is 16.9. The summed E-state index contributed by atoms with van der Waals surface area (Å²) in [5.74, 6) is 0.995. The van der Waals surface area contributed by atoms with Crippen LogP contribution in [-0.4, -0.2) is 23.0 Å². The van der Waals surface area contributed by atoms with Gasteiger partial charge in [0.15, 0.2) is 11.5 Å². The summed E-state index contributed by atoms with van der Waals surface area (Å²) in [4.78, 5) is 11.2. The van der Waals surface area contributed by atoms with Crippen LogP contribution in [0.2, 0.25) is 0 Å². The van der Waals surface area contributed by atoms with E-state index < -0.39 is 5.97 Å². The predicted molar refractivity (Wildman–Crippen MR) is 90.3 cm³/mol. The molecule has 2 aromatic carbocycles. The van der Waals surface area contributed by atoms with E-state index >= 15 is 0 Å². The van der Waals surface area contributed by atoms with Gasteiger partial charge in [-0.05, 0) is 35.7 Å². The van der Waals surface area contributed by atoms with E-state index in [2.05, 4.69) is 6.92 Å². The van der Waals surface area contributed by atoms with E-state index in [1.165, 1.54) is 0 Å². The van der Waals surface area contributed by atoms with Crippen LogP contribution in [0.1, 0.15) is 30.0 Å². The number of rotatable bonds is 7. The van der Waals surface area contributed by atoms with Crippen molar-refractivity contribution < 1.29 is 29.2 Å². The molecule has 0 radical (unpaired) electrons. The molecular formula is C19H20O6. The Kier molecular flexibility index (Phi) is 5.09. The molecule has 2 N–H and O–H groups in total. The van der Waals surface area contributed by atoms with Gasteiger partial charge in [0.25, 0.3) is 0 Å². The molecule has 6 nitrogen and oxygen atoms in total. The van der Waals surface area contributed by atoms with Crippen molar-refractivity contribution in [3.05, 3.63) is 47.0 Å². The number of hydrogen-bond acceptors (Lipinski definition) is 5. The lowest BCUT2D eigenvalue weighted by atomic mass is 10.1. The number of aliphatic hydroxyl groups is 1. The maximum Gasteiger partial charge on any atom is 0.307 e. The Bertz CT molecular complexity index is 784. The first-order chi connectivity index (χ1) is 12.1. The van der Waals surface area contributed by atoms with Crippen molar-refractivity contribution in [2.24, 2.45) is 0 Å². The quantitative estimate of drug-likeness (QED) is 0.802. The molecule has 1 aliphatic heterocycles. The molecule has 0 aromatic heterocycles. The van der Waals surface area contributed by atoms with Gasteiger partial charge in [-0.25, -0.2) is 0 Å². The zero-order chi connectivity index (χ0) is 17.8. The highest BCUT2D eigenvalue weighted by Crippen LogP contribution is 2.45. The highest BCUT2D eigenvalue weighted by Gasteiger charge is 2.24. The van der Waals surface area contributed by atoms with Crippen LogP contribution in [0.3, 0.4) is 0 Å². The summed E-state index contributed by atoms with van der Waals surface area (Å²) in [5.41, 5.74) is 2.27. The standard InChI is InChI=1S/C19H20O6/c1-2-3-13-8-12(10-20)4-6-15(13)25-18-14(9-17(21)22)5-7-16-19(18)24-11-23-16/h4-8,20H,2-3,9-11H2,1H3,(H,21,22). The fourth-order valence-corrected chi connectivity index (χ4v) is 2.81. The first kappa shape index (κ1) is 17.1. The molecule has 3 rings (SSSR count). The van der Waals surface area contributed by atoms with Crippen molar-refractivity contribution in [2.75, 3.05) is 6.79 Å². The topological polar surface area (TPSA) is 85.2 Å². The van der Waals surface area contributed by atoms with Gasteiger partial charge in [-0.2, -0.15) is 0 Å². The molecule has 0 spiro atoms. The lowest BCUT2D eigenvalue weighted by Gasteiger charge is -2.16. The van der Waals surface area contributed by atoms with Crippen LogP contribution in [-0.2, 0) is 24.2 Å². The van der Waals surface area contributed by atoms with Gasteiger partial charge in [-0.1, -0.05) is 25.5 Å². The van der Waals surface area contributed by atoms with E-state index in [4.69, 9.17) is 19.3 Å². The second kappa shape index (κ2) is 7.44. The maximum atomic E-state index is 11.2. The Morgan fingerprint density at radius 2 is 2.04 bits per heavy atom. The number of carbonyl (C=O) groups is 1. The third kappa shape index (κ3) is 3.69. The molecule has 0 saturated heterocycles. The minimum Gasteiger partial charge on any atom is -0.481 e. The fraction of sp³-hybridized carbons (Fsp3) is 0.316. The Labute approximate surface area is 145 Å². The van der Waals surface area contributed by atoms with E-state index in [0.717, 1.165) is 24.0 Å². The van der Waals surface area contributed by atoms with Crippen molar-refractivity contribution in [3.8, 4) is 23.0 Å². The summed E-state index contributed by atoms with van der Waals surface area (Å²) in [5, 5.41) is 18.5. The van der Waals surface area contributed by atoms with E-state index in [-0.39, 0.29) is 19.8 Å². The Morgan fingerprint density at radius 3 is 2.76 bits per heavy atom. The van der Waals surface area contributed by atoms with Gasteiger partial charge in [-0.15, -0.1) is 0 Å². The first-order valence-electron chi connectivity index (χ1n) is 8.16. The Hall–Kier alpha value is -2.73. The summed E-state index contributed by atoms with van der Waals surface area (Å²) in [7, 11) is 0. The fourth-order valence-electron chi connectivity index (χ4n) is 2.81. The molecule has 2 aromatic rings. The Balaban J connectivity index is 2.02. The third-order valence-corrected chi connectivity index (χ3v) is 3.96. The molecule has 0 atom stereocenters. The zero-order valence-electron chi connectivity index (χ0n) is 13.9. The molecule has 132 valence electrons. The van der Waals surface area contributed by atoms with Crippen molar-refractivity contribution in [1.82, 2.24) is 0 Å². The van der Waals surface area contributed by atoms with Crippen LogP contribution in [0.5, 0.6) is 23.0 Å². The van der Waals surface area contributed by atoms with Crippen molar-refractivity contribution in [2.45, 2.75) is 32.8 Å². The molecule has 25 heavy (non-hydrogen) atoms. The molecule has 1 heterocycles. The van der Waals surface area contributed by atoms with Crippen LogP contribution in [0.25, 0.3) is 0 Å². The van der Waals surface area contributed by atoms with Gasteiger partial charge >= 0.3 is 5.97 Å². The van der Waals surface area contributed by atoms with Gasteiger partial charge in [0.2, 0.25) is 12.5 Å². The normalized spacial score (nSPS) is 12.2. The molecule has 6 heteroatoms. The number of hydrogen-bond donors (Lipinski definition) is 2. The molecule has 0 amide bonds. The third-order valence-electron chi connectivity index (χ3n) is 3.96. The van der Waals surface area contributed by atoms with E-state index in [0.29, 0.717) is 28.6 Å². The van der Waals surface area contributed by atoms with Gasteiger partial charge < -0.3 is 24.4 Å². The van der Waals surface area contributed by atoms with Gasteiger partial charge in [0.1, 0.15) is 5.75 Å². The number of carboxylic acids is 1. The predicted octanol–water partition coefficient (Wildman–Crippen LogP) is 3.28. The summed E-state index contributed by atoms with van der Waals surface area (Å²) in [6, 6.07) is 8.84. The van der Waals surface area contributed by atoms with Crippen LogP contribution in [0.4, 0.5) is 0 Å². The molecule has 0 bridgehead atoms. The highest BCUT2D eigenvalue weighted by atomic mass is 16.7. The molecule has 0 saturated carbocycles. The second-order valence-corrected chi connectivity index (χ2v) is 5.81. The smallest absolute Gasteiger partial charge is 0.307 e. The van der Waals surface area contributed by atoms with E-state index in [1.54, 1.807) is 24.3 Å². The van der Waals surface area contributed by atoms with Crippen molar-refractivity contribution in [1.29, 1.82) is 0 Å². The summed E-state index contributed by atoms with van der Waals surface area (Å²) in [6.07, 6.45) is 1.52. The minimum atomic E-state index is -0.951. The SMILES string of the molecule is CCCc1cc(CO)ccc1Oc1c(CC(=O)O)ccc2c1OCO2. The Morgan fingerprint density at radius 1 is 1.20 bits per heavy atom. The second-order valence-electron chi connectivity index (χ2n) is 5.81. The molecular weight excluding hydrogens is 324 g/mol. The largest absolute Gasteiger partial charge is 0.481 e. The lowest BCUT2D eigenvalue weighted by Crippen LogP contribution is -2.04. The molecule has 0 fully saturated rings. The van der Waals surface area contributed by atoms with Crippen molar-refractivity contribution >= 4 is 5.97 Å². The maximum absolute atomic E-state index is 11.2. The average molecular weight is 344 g/mol. The summed E-state index contributed by atoms with van der Waals surface area (Å²) in [6.45, 7) is 2.09. The van der Waals surface area contributed by atoms with Crippen molar-refractivity contribution in [3.63, 3.8) is 0 Å². The number of aryl methyl sites for hydroxylation is 1. The van der Waals surface area contributed by atoms with Crippen LogP contribution >= 0.6 is 0 Å². The minimum absolute atomic E-state index is 0.0427. The molecule has 1 aliphatic rings. The molecule has 0 aliphatic carbocycles. The number of benzene rings is 2.